The number of nitrogens with one attached hydrogen (secondary N) is 2. The van der Waals surface area contributed by atoms with E-state index in [0.29, 0.717) is 12.2 Å². The van der Waals surface area contributed by atoms with Crippen LogP contribution in [0, 0.1) is 11.8 Å². The summed E-state index contributed by atoms with van der Waals surface area (Å²) in [6, 6.07) is 23.2. The van der Waals surface area contributed by atoms with Gasteiger partial charge in [-0.3, -0.25) is 4.79 Å². The SMILES string of the molecule is CC1CC(=O)NN=C1c1ccc2c(c1)nc(CC1CC1)n2Cc1ccc(-c2ccccc2-c2nn[nH]n2)cc1. The summed E-state index contributed by atoms with van der Waals surface area (Å²) >= 11 is 0. The van der Waals surface area contributed by atoms with Crippen molar-refractivity contribution in [2.75, 3.05) is 0 Å². The van der Waals surface area contributed by atoms with E-state index >= 15 is 0 Å². The molecule has 2 aromatic heterocycles. The number of aromatic amines is 1. The van der Waals surface area contributed by atoms with E-state index in [1.807, 2.05) is 25.1 Å². The van der Waals surface area contributed by atoms with Gasteiger partial charge in [-0.25, -0.2) is 10.4 Å². The highest BCUT2D eigenvalue weighted by Gasteiger charge is 2.26. The second-order valence-corrected chi connectivity index (χ2v) is 10.6. The summed E-state index contributed by atoms with van der Waals surface area (Å²) in [7, 11) is 0. The minimum atomic E-state index is -0.0346. The van der Waals surface area contributed by atoms with Crippen molar-refractivity contribution >= 4 is 22.7 Å². The summed E-state index contributed by atoms with van der Waals surface area (Å²) in [5.41, 5.74) is 11.0. The Morgan fingerprint density at radius 3 is 2.51 bits per heavy atom. The molecule has 2 N–H and O–H groups in total. The lowest BCUT2D eigenvalue weighted by Gasteiger charge is -2.19. The lowest BCUT2D eigenvalue weighted by atomic mass is 9.94. The van der Waals surface area contributed by atoms with Crippen molar-refractivity contribution < 1.29 is 4.79 Å². The molecule has 1 fully saturated rings. The Bertz CT molecular complexity index is 1700. The van der Waals surface area contributed by atoms with E-state index in [1.54, 1.807) is 0 Å². The Balaban J connectivity index is 1.21. The molecule has 3 aromatic carbocycles. The molecule has 0 spiro atoms. The zero-order valence-electron chi connectivity index (χ0n) is 21.6. The summed E-state index contributed by atoms with van der Waals surface area (Å²) < 4.78 is 2.35. The smallest absolute Gasteiger partial charge is 0.240 e. The third-order valence-corrected chi connectivity index (χ3v) is 7.67. The minimum absolute atomic E-state index is 0.0346. The molecule has 1 saturated carbocycles. The molecule has 1 aliphatic heterocycles. The Kier molecular flexibility index (Phi) is 5.76. The van der Waals surface area contributed by atoms with Gasteiger partial charge in [-0.1, -0.05) is 61.5 Å². The number of benzene rings is 3. The summed E-state index contributed by atoms with van der Waals surface area (Å²) in [5.74, 6) is 2.48. The maximum atomic E-state index is 11.7. The Hall–Kier alpha value is -4.66. The van der Waals surface area contributed by atoms with Gasteiger partial charge in [0.25, 0.3) is 0 Å². The molecular formula is C30H28N8O. The highest BCUT2D eigenvalue weighted by Crippen LogP contribution is 2.34. The molecular weight excluding hydrogens is 488 g/mol. The van der Waals surface area contributed by atoms with Gasteiger partial charge < -0.3 is 4.57 Å². The summed E-state index contributed by atoms with van der Waals surface area (Å²) in [4.78, 5) is 16.8. The number of hydrogen-bond acceptors (Lipinski definition) is 6. The standard InChI is InChI=1S/C30H28N8O/c1-18-14-28(39)32-33-29(18)22-12-13-26-25(16-22)31-27(15-19-6-7-19)38(26)17-20-8-10-21(11-9-20)23-4-2-3-5-24(23)30-34-36-37-35-30/h2-5,8-13,16,18-19H,6-7,14-15,17H2,1H3,(H,32,39)(H,34,35,36,37). The summed E-state index contributed by atoms with van der Waals surface area (Å²) in [6.45, 7) is 2.79. The van der Waals surface area contributed by atoms with Gasteiger partial charge in [0.05, 0.1) is 16.7 Å². The van der Waals surface area contributed by atoms with E-state index in [9.17, 15) is 4.79 Å². The van der Waals surface area contributed by atoms with Gasteiger partial charge in [0.1, 0.15) is 5.82 Å². The highest BCUT2D eigenvalue weighted by atomic mass is 16.2. The fraction of sp³-hybridized carbons (Fsp3) is 0.267. The van der Waals surface area contributed by atoms with Crippen molar-refractivity contribution in [3.63, 3.8) is 0 Å². The number of hydrogen-bond donors (Lipinski definition) is 2. The Morgan fingerprint density at radius 1 is 0.974 bits per heavy atom. The first-order valence-corrected chi connectivity index (χ1v) is 13.4. The quantitative estimate of drug-likeness (QED) is 0.324. The Morgan fingerprint density at radius 2 is 1.77 bits per heavy atom. The monoisotopic (exact) mass is 516 g/mol. The van der Waals surface area contributed by atoms with Gasteiger partial charge in [0, 0.05) is 36.4 Å². The number of imidazole rings is 1. The third-order valence-electron chi connectivity index (χ3n) is 7.67. The summed E-state index contributed by atoms with van der Waals surface area (Å²) in [6.07, 6.45) is 4.00. The van der Waals surface area contributed by atoms with E-state index in [4.69, 9.17) is 4.98 Å². The number of amides is 1. The molecule has 2 aliphatic rings. The first-order chi connectivity index (χ1) is 19.1. The van der Waals surface area contributed by atoms with E-state index in [-0.39, 0.29) is 11.8 Å². The molecule has 5 aromatic rings. The van der Waals surface area contributed by atoms with Crippen LogP contribution in [0.15, 0.2) is 71.8 Å². The highest BCUT2D eigenvalue weighted by molar-refractivity contribution is 6.07. The van der Waals surface area contributed by atoms with Crippen molar-refractivity contribution in [3.8, 4) is 22.5 Å². The molecule has 1 unspecified atom stereocenters. The average molecular weight is 517 g/mol. The number of aromatic nitrogens is 6. The van der Waals surface area contributed by atoms with Gasteiger partial charge in [-0.15, -0.1) is 10.2 Å². The molecule has 1 atom stereocenters. The topological polar surface area (TPSA) is 114 Å². The molecule has 9 nitrogen and oxygen atoms in total. The fourth-order valence-electron chi connectivity index (χ4n) is 5.43. The molecule has 9 heteroatoms. The molecule has 3 heterocycles. The lowest BCUT2D eigenvalue weighted by Crippen LogP contribution is -2.31. The average Bonchev–Trinajstić information content (AvgIpc) is 3.47. The predicted molar refractivity (Wildman–Crippen MR) is 149 cm³/mol. The molecule has 0 bridgehead atoms. The van der Waals surface area contributed by atoms with Gasteiger partial charge in [-0.2, -0.15) is 10.3 Å². The number of rotatable bonds is 7. The van der Waals surface area contributed by atoms with Crippen LogP contribution < -0.4 is 5.43 Å². The zero-order chi connectivity index (χ0) is 26.3. The van der Waals surface area contributed by atoms with E-state index in [1.165, 1.54) is 18.4 Å². The number of carbonyl (C=O) groups excluding carboxylic acids is 1. The van der Waals surface area contributed by atoms with Crippen LogP contribution in [0.1, 0.15) is 43.1 Å². The number of tetrazole rings is 1. The number of fused-ring (bicyclic) bond motifs is 1. The predicted octanol–water partition coefficient (Wildman–Crippen LogP) is 4.74. The van der Waals surface area contributed by atoms with E-state index in [0.717, 1.165) is 63.7 Å². The van der Waals surface area contributed by atoms with Crippen molar-refractivity contribution in [2.24, 2.45) is 16.9 Å². The van der Waals surface area contributed by atoms with Crippen LogP contribution in [0.4, 0.5) is 0 Å². The first-order valence-electron chi connectivity index (χ1n) is 13.4. The van der Waals surface area contributed by atoms with Crippen LogP contribution in [0.3, 0.4) is 0 Å². The van der Waals surface area contributed by atoms with Crippen LogP contribution >= 0.6 is 0 Å². The second-order valence-electron chi connectivity index (χ2n) is 10.6. The number of carbonyl (C=O) groups is 1. The van der Waals surface area contributed by atoms with Crippen molar-refractivity contribution in [1.29, 1.82) is 0 Å². The molecule has 0 radical (unpaired) electrons. The van der Waals surface area contributed by atoms with E-state index < -0.39 is 0 Å². The van der Waals surface area contributed by atoms with Gasteiger partial charge in [0.2, 0.25) is 11.7 Å². The molecule has 0 saturated heterocycles. The fourth-order valence-corrected chi connectivity index (χ4v) is 5.43. The van der Waals surface area contributed by atoms with E-state index in [2.05, 4.69) is 84.2 Å². The number of hydrazone groups is 1. The normalized spacial score (nSPS) is 17.3. The molecule has 1 amide bonds. The number of nitrogens with zero attached hydrogens (tertiary/aromatic N) is 6. The molecule has 7 rings (SSSR count). The van der Waals surface area contributed by atoms with Gasteiger partial charge >= 0.3 is 0 Å². The number of H-pyrrole nitrogens is 1. The zero-order valence-corrected chi connectivity index (χ0v) is 21.6. The second kappa shape index (κ2) is 9.58. The van der Waals surface area contributed by atoms with Crippen molar-refractivity contribution in [1.82, 2.24) is 35.6 Å². The van der Waals surface area contributed by atoms with Crippen molar-refractivity contribution in [2.45, 2.75) is 39.2 Å². The van der Waals surface area contributed by atoms with Crippen LogP contribution in [0.2, 0.25) is 0 Å². The van der Waals surface area contributed by atoms with Crippen LogP contribution in [0.5, 0.6) is 0 Å². The van der Waals surface area contributed by atoms with Gasteiger partial charge in [-0.05, 0) is 52.8 Å². The maximum absolute atomic E-state index is 11.7. The van der Waals surface area contributed by atoms with Crippen LogP contribution in [-0.4, -0.2) is 41.8 Å². The maximum Gasteiger partial charge on any atom is 0.240 e. The Labute approximate surface area is 225 Å². The molecule has 194 valence electrons. The van der Waals surface area contributed by atoms with Gasteiger partial charge in [0.15, 0.2) is 0 Å². The van der Waals surface area contributed by atoms with Crippen LogP contribution in [0.25, 0.3) is 33.5 Å². The minimum Gasteiger partial charge on any atom is -0.323 e. The summed E-state index contributed by atoms with van der Waals surface area (Å²) in [5, 5.41) is 18.9. The third kappa shape index (κ3) is 4.60. The first kappa shape index (κ1) is 23.5. The lowest BCUT2D eigenvalue weighted by molar-refractivity contribution is -0.121. The molecule has 1 aliphatic carbocycles. The van der Waals surface area contributed by atoms with Crippen molar-refractivity contribution in [3.05, 3.63) is 83.7 Å². The van der Waals surface area contributed by atoms with Crippen LogP contribution in [-0.2, 0) is 17.8 Å². The molecule has 39 heavy (non-hydrogen) atoms. The largest absolute Gasteiger partial charge is 0.323 e.